The predicted octanol–water partition coefficient (Wildman–Crippen LogP) is 1.39. The number of carbonyl (C=O) groups is 1. The first-order valence-corrected chi connectivity index (χ1v) is 5.14. The fourth-order valence-electron chi connectivity index (χ4n) is 0.521. The predicted molar refractivity (Wildman–Crippen MR) is 52.7 cm³/mol. The van der Waals surface area contributed by atoms with Gasteiger partial charge in [-0.25, -0.2) is 4.98 Å². The molecule has 2 rings (SSSR count). The van der Waals surface area contributed by atoms with Crippen molar-refractivity contribution >= 4 is 28.6 Å². The number of aromatic nitrogens is 2. The van der Waals surface area contributed by atoms with Crippen molar-refractivity contribution in [1.29, 1.82) is 0 Å². The Bertz CT molecular complexity index is 313. The van der Waals surface area contributed by atoms with E-state index in [1.807, 2.05) is 5.38 Å². The highest BCUT2D eigenvalue weighted by Gasteiger charge is 1.98. The molecule has 0 bridgehead atoms. The molecule has 68 valence electrons. The van der Waals surface area contributed by atoms with Gasteiger partial charge in [-0.15, -0.1) is 22.7 Å². The summed E-state index contributed by atoms with van der Waals surface area (Å²) in [5, 5.41) is 4.00. The monoisotopic (exact) mass is 213 g/mol. The summed E-state index contributed by atoms with van der Waals surface area (Å²) in [6.07, 6.45) is 3.31. The molecule has 2 heterocycles. The van der Waals surface area contributed by atoms with E-state index in [0.29, 0.717) is 5.01 Å². The summed E-state index contributed by atoms with van der Waals surface area (Å²) in [7, 11) is 0. The summed E-state index contributed by atoms with van der Waals surface area (Å²) >= 11 is 2.85. The Morgan fingerprint density at radius 2 is 2.23 bits per heavy atom. The molecule has 0 radical (unpaired) electrons. The van der Waals surface area contributed by atoms with Gasteiger partial charge in [0.25, 0.3) is 5.91 Å². The first kappa shape index (κ1) is 9.82. The maximum atomic E-state index is 10.2. The highest BCUT2D eigenvalue weighted by atomic mass is 32.1. The molecule has 0 spiro atoms. The zero-order valence-corrected chi connectivity index (χ0v) is 8.22. The molecule has 0 aromatic carbocycles. The molecule has 0 aliphatic carbocycles. The highest BCUT2D eigenvalue weighted by molar-refractivity contribution is 7.11. The van der Waals surface area contributed by atoms with Gasteiger partial charge in [0, 0.05) is 23.2 Å². The van der Waals surface area contributed by atoms with Gasteiger partial charge in [0.05, 0.1) is 5.51 Å². The van der Waals surface area contributed by atoms with Crippen molar-refractivity contribution < 1.29 is 4.79 Å². The molecule has 2 aromatic heterocycles. The molecule has 2 aromatic rings. The fourth-order valence-corrected chi connectivity index (χ4v) is 1.36. The largest absolute Gasteiger partial charge is 0.364 e. The summed E-state index contributed by atoms with van der Waals surface area (Å²) in [5.41, 5.74) is 6.66. The molecule has 13 heavy (non-hydrogen) atoms. The Labute approximate surface area is 83.1 Å². The second kappa shape index (κ2) is 5.39. The third-order valence-electron chi connectivity index (χ3n) is 0.990. The van der Waals surface area contributed by atoms with Gasteiger partial charge in [0.15, 0.2) is 5.01 Å². The van der Waals surface area contributed by atoms with Gasteiger partial charge >= 0.3 is 0 Å². The fraction of sp³-hybridized carbons (Fsp3) is 0. The molecular weight excluding hydrogens is 206 g/mol. The van der Waals surface area contributed by atoms with Crippen LogP contribution in [0.1, 0.15) is 9.80 Å². The lowest BCUT2D eigenvalue weighted by molar-refractivity contribution is 0.1000. The zero-order valence-electron chi connectivity index (χ0n) is 6.58. The number of rotatable bonds is 1. The van der Waals surface area contributed by atoms with E-state index in [-0.39, 0.29) is 0 Å². The average molecular weight is 213 g/mol. The smallest absolute Gasteiger partial charge is 0.277 e. The van der Waals surface area contributed by atoms with Crippen LogP contribution in [0.25, 0.3) is 0 Å². The summed E-state index contributed by atoms with van der Waals surface area (Å²) in [5.74, 6) is -0.458. The normalized spacial score (nSPS) is 8.62. The van der Waals surface area contributed by atoms with Crippen LogP contribution in [0, 0.1) is 0 Å². The third-order valence-corrected chi connectivity index (χ3v) is 2.30. The van der Waals surface area contributed by atoms with Crippen LogP contribution in [-0.2, 0) is 0 Å². The summed E-state index contributed by atoms with van der Waals surface area (Å²) in [6.45, 7) is 0. The highest BCUT2D eigenvalue weighted by Crippen LogP contribution is 2.00. The SMILES string of the molecule is NC(=O)c1nccs1.c1cscn1. The van der Waals surface area contributed by atoms with E-state index in [0.717, 1.165) is 0 Å². The van der Waals surface area contributed by atoms with Gasteiger partial charge < -0.3 is 5.73 Å². The van der Waals surface area contributed by atoms with Crippen molar-refractivity contribution in [3.63, 3.8) is 0 Å². The molecule has 0 fully saturated rings. The number of amides is 1. The molecular formula is C7H7N3OS2. The molecule has 0 aliphatic rings. The minimum absolute atomic E-state index is 0.366. The summed E-state index contributed by atoms with van der Waals surface area (Å²) < 4.78 is 0. The van der Waals surface area contributed by atoms with E-state index in [9.17, 15) is 4.79 Å². The summed E-state index contributed by atoms with van der Waals surface area (Å²) in [6, 6.07) is 0. The van der Waals surface area contributed by atoms with Crippen LogP contribution in [0.15, 0.2) is 28.7 Å². The average Bonchev–Trinajstić information content (AvgIpc) is 2.82. The quantitative estimate of drug-likeness (QED) is 0.778. The van der Waals surface area contributed by atoms with Crippen molar-refractivity contribution in [2.45, 2.75) is 0 Å². The number of hydrogen-bond donors (Lipinski definition) is 1. The van der Waals surface area contributed by atoms with Crippen LogP contribution in [0.2, 0.25) is 0 Å². The zero-order chi connectivity index (χ0) is 9.52. The maximum absolute atomic E-state index is 10.2. The van der Waals surface area contributed by atoms with Gasteiger partial charge in [-0.2, -0.15) is 0 Å². The third kappa shape index (κ3) is 3.77. The Balaban J connectivity index is 0.000000145. The van der Waals surface area contributed by atoms with E-state index < -0.39 is 5.91 Å². The molecule has 0 saturated heterocycles. The Morgan fingerprint density at radius 3 is 2.46 bits per heavy atom. The number of nitrogens with zero attached hydrogens (tertiary/aromatic N) is 2. The standard InChI is InChI=1S/C4H4N2OS.C3H3NS/c5-3(7)4-6-1-2-8-4;1-2-5-3-4-1/h1-2H,(H2,5,7);1-3H. The van der Waals surface area contributed by atoms with Crippen LogP contribution >= 0.6 is 22.7 Å². The Hall–Kier alpha value is -1.27. The van der Waals surface area contributed by atoms with E-state index in [4.69, 9.17) is 5.73 Å². The number of hydrogen-bond acceptors (Lipinski definition) is 5. The Morgan fingerprint density at radius 1 is 1.38 bits per heavy atom. The minimum Gasteiger partial charge on any atom is -0.364 e. The van der Waals surface area contributed by atoms with Gasteiger partial charge in [0.2, 0.25) is 0 Å². The first-order valence-electron chi connectivity index (χ1n) is 3.32. The summed E-state index contributed by atoms with van der Waals surface area (Å²) in [4.78, 5) is 17.6. The van der Waals surface area contributed by atoms with Crippen LogP contribution in [0.4, 0.5) is 0 Å². The van der Waals surface area contributed by atoms with Crippen molar-refractivity contribution in [3.05, 3.63) is 33.7 Å². The topological polar surface area (TPSA) is 68.9 Å². The van der Waals surface area contributed by atoms with Crippen LogP contribution in [0.3, 0.4) is 0 Å². The number of nitrogens with two attached hydrogens (primary N) is 1. The number of primary amides is 1. The molecule has 2 N–H and O–H groups in total. The molecule has 0 unspecified atom stereocenters. The lowest BCUT2D eigenvalue weighted by Crippen LogP contribution is -2.09. The first-order chi connectivity index (χ1) is 6.30. The van der Waals surface area contributed by atoms with E-state index in [1.165, 1.54) is 11.3 Å². The molecule has 0 aliphatic heterocycles. The molecule has 6 heteroatoms. The second-order valence-corrected chi connectivity index (χ2v) is 3.53. The van der Waals surface area contributed by atoms with Crippen molar-refractivity contribution in [3.8, 4) is 0 Å². The van der Waals surface area contributed by atoms with Crippen LogP contribution in [-0.4, -0.2) is 15.9 Å². The number of carbonyl (C=O) groups excluding carboxylic acids is 1. The molecule has 0 saturated carbocycles. The van der Waals surface area contributed by atoms with Crippen LogP contribution < -0.4 is 5.73 Å². The van der Waals surface area contributed by atoms with E-state index in [1.54, 1.807) is 34.6 Å². The van der Waals surface area contributed by atoms with Gasteiger partial charge in [-0.05, 0) is 0 Å². The van der Waals surface area contributed by atoms with Crippen molar-refractivity contribution in [1.82, 2.24) is 9.97 Å². The number of thiazole rings is 2. The second-order valence-electron chi connectivity index (χ2n) is 1.88. The van der Waals surface area contributed by atoms with Gasteiger partial charge in [-0.3, -0.25) is 9.78 Å². The molecule has 4 nitrogen and oxygen atoms in total. The Kier molecular flexibility index (Phi) is 4.07. The van der Waals surface area contributed by atoms with E-state index in [2.05, 4.69) is 9.97 Å². The molecule has 1 amide bonds. The van der Waals surface area contributed by atoms with Crippen LogP contribution in [0.5, 0.6) is 0 Å². The lowest BCUT2D eigenvalue weighted by atomic mass is 10.7. The molecule has 0 atom stereocenters. The van der Waals surface area contributed by atoms with E-state index >= 15 is 0 Å². The minimum atomic E-state index is -0.458. The van der Waals surface area contributed by atoms with Crippen molar-refractivity contribution in [2.24, 2.45) is 5.73 Å². The van der Waals surface area contributed by atoms with Crippen molar-refractivity contribution in [2.75, 3.05) is 0 Å². The lowest BCUT2D eigenvalue weighted by Gasteiger charge is -1.78. The van der Waals surface area contributed by atoms with Gasteiger partial charge in [0.1, 0.15) is 0 Å². The maximum Gasteiger partial charge on any atom is 0.277 e. The van der Waals surface area contributed by atoms with Gasteiger partial charge in [-0.1, -0.05) is 0 Å².